The fraction of sp³-hybridized carbons (Fsp3) is 1.00. The Labute approximate surface area is 167 Å². The lowest BCUT2D eigenvalue weighted by molar-refractivity contribution is -0.358. The van der Waals surface area contributed by atoms with Gasteiger partial charge in [0.25, 0.3) is 0 Å². The van der Waals surface area contributed by atoms with Gasteiger partial charge >= 0.3 is 0 Å². The number of ether oxygens (including phenoxy) is 4. The normalized spacial score (nSPS) is 43.4. The zero-order valence-corrected chi connectivity index (χ0v) is 16.0. The monoisotopic (exact) mass is 429 g/mol. The van der Waals surface area contributed by atoms with E-state index in [1.807, 2.05) is 0 Å². The van der Waals surface area contributed by atoms with Crippen molar-refractivity contribution in [3.05, 3.63) is 0 Å². The molecule has 172 valence electrons. The molecule has 0 amide bonds. The van der Waals surface area contributed by atoms with Crippen molar-refractivity contribution in [1.29, 1.82) is 0 Å². The first kappa shape index (κ1) is 24.8. The van der Waals surface area contributed by atoms with Crippen LogP contribution in [0.1, 0.15) is 19.3 Å². The van der Waals surface area contributed by atoms with Gasteiger partial charge in [-0.3, -0.25) is 0 Å². The molecule has 0 saturated carbocycles. The molecule has 2 saturated heterocycles. The Morgan fingerprint density at radius 1 is 0.793 bits per heavy atom. The second-order valence-electron chi connectivity index (χ2n) is 7.20. The highest BCUT2D eigenvalue weighted by Crippen LogP contribution is 2.29. The van der Waals surface area contributed by atoms with Crippen molar-refractivity contribution in [2.45, 2.75) is 80.7 Å². The Kier molecular flexibility index (Phi) is 10.0. The van der Waals surface area contributed by atoms with Crippen molar-refractivity contribution in [2.24, 2.45) is 5.73 Å². The topological polar surface area (TPSA) is 184 Å². The van der Waals surface area contributed by atoms with E-state index in [1.54, 1.807) is 0 Å². The molecular weight excluding hydrogens is 397 g/mol. The number of alkyl halides is 1. The third-order valence-corrected chi connectivity index (χ3v) is 5.06. The lowest BCUT2D eigenvalue weighted by Gasteiger charge is -2.45. The summed E-state index contributed by atoms with van der Waals surface area (Å²) in [6.45, 7) is -1.02. The zero-order chi connectivity index (χ0) is 21.6. The molecule has 2 aliphatic rings. The number of halogens is 1. The average Bonchev–Trinajstić information content (AvgIpc) is 2.72. The van der Waals surface area contributed by atoms with Gasteiger partial charge in [0.1, 0.15) is 55.5 Å². The zero-order valence-electron chi connectivity index (χ0n) is 16.0. The lowest BCUT2D eigenvalue weighted by atomic mass is 9.97. The smallest absolute Gasteiger partial charge is 0.187 e. The van der Waals surface area contributed by atoms with E-state index in [9.17, 15) is 35.0 Å². The van der Waals surface area contributed by atoms with Crippen LogP contribution in [0.15, 0.2) is 0 Å². The van der Waals surface area contributed by atoms with Crippen molar-refractivity contribution >= 4 is 0 Å². The van der Waals surface area contributed by atoms with E-state index in [0.29, 0.717) is 13.0 Å². The van der Waals surface area contributed by atoms with Crippen molar-refractivity contribution in [1.82, 2.24) is 0 Å². The van der Waals surface area contributed by atoms with Crippen LogP contribution in [0.3, 0.4) is 0 Å². The summed E-state index contributed by atoms with van der Waals surface area (Å²) in [5.41, 5.74) is 5.40. The summed E-state index contributed by atoms with van der Waals surface area (Å²) >= 11 is 0. The second-order valence-corrected chi connectivity index (χ2v) is 7.20. The van der Waals surface area contributed by atoms with Crippen LogP contribution in [0.4, 0.5) is 4.39 Å². The van der Waals surface area contributed by atoms with E-state index < -0.39 is 74.7 Å². The fourth-order valence-corrected chi connectivity index (χ4v) is 3.29. The summed E-state index contributed by atoms with van der Waals surface area (Å²) in [5, 5.41) is 59.5. The van der Waals surface area contributed by atoms with Gasteiger partial charge in [-0.1, -0.05) is 0 Å². The molecule has 6 unspecified atom stereocenters. The van der Waals surface area contributed by atoms with Gasteiger partial charge in [-0.25, -0.2) is 4.39 Å². The molecule has 0 bridgehead atoms. The van der Waals surface area contributed by atoms with Gasteiger partial charge in [0.15, 0.2) is 12.6 Å². The number of hydrogen-bond donors (Lipinski definition) is 7. The summed E-state index contributed by atoms with van der Waals surface area (Å²) in [6, 6.07) is 0. The summed E-state index contributed by atoms with van der Waals surface area (Å²) in [7, 11) is 0. The summed E-state index contributed by atoms with van der Waals surface area (Å²) in [5.74, 6) is 0. The average molecular weight is 429 g/mol. The molecule has 2 rings (SSSR count). The van der Waals surface area contributed by atoms with Gasteiger partial charge in [-0.15, -0.1) is 0 Å². The maximum absolute atomic E-state index is 13.5. The predicted molar refractivity (Wildman–Crippen MR) is 94.1 cm³/mol. The van der Waals surface area contributed by atoms with E-state index in [2.05, 4.69) is 0 Å². The predicted octanol–water partition coefficient (Wildman–Crippen LogP) is -3.27. The van der Waals surface area contributed by atoms with Gasteiger partial charge in [-0.2, -0.15) is 0 Å². The van der Waals surface area contributed by atoms with Crippen LogP contribution in [0.25, 0.3) is 0 Å². The summed E-state index contributed by atoms with van der Waals surface area (Å²) in [6.07, 6.45) is -12.9. The van der Waals surface area contributed by atoms with Gasteiger partial charge in [0.2, 0.25) is 0 Å². The van der Waals surface area contributed by atoms with E-state index >= 15 is 0 Å². The van der Waals surface area contributed by atoms with E-state index in [-0.39, 0.29) is 6.61 Å². The number of nitrogens with two attached hydrogens (primary N) is 1. The Morgan fingerprint density at radius 3 is 2.07 bits per heavy atom. The largest absolute Gasteiger partial charge is 0.394 e. The second kappa shape index (κ2) is 11.8. The molecule has 0 spiro atoms. The number of rotatable bonds is 10. The molecule has 0 aromatic heterocycles. The van der Waals surface area contributed by atoms with Crippen LogP contribution < -0.4 is 5.73 Å². The van der Waals surface area contributed by atoms with Crippen molar-refractivity contribution < 1.29 is 54.0 Å². The van der Waals surface area contributed by atoms with Gasteiger partial charge in [0, 0.05) is 6.61 Å². The molecule has 29 heavy (non-hydrogen) atoms. The Balaban J connectivity index is 1.98. The van der Waals surface area contributed by atoms with Crippen LogP contribution in [0.5, 0.6) is 0 Å². The third-order valence-electron chi connectivity index (χ3n) is 5.06. The number of aliphatic hydroxyl groups excluding tert-OH is 6. The highest BCUT2D eigenvalue weighted by Gasteiger charge is 2.50. The van der Waals surface area contributed by atoms with Crippen LogP contribution in [-0.2, 0) is 18.9 Å². The third kappa shape index (κ3) is 6.02. The van der Waals surface area contributed by atoms with Crippen LogP contribution in [0.2, 0.25) is 0 Å². The molecule has 0 aromatic rings. The van der Waals surface area contributed by atoms with Crippen molar-refractivity contribution in [3.63, 3.8) is 0 Å². The number of aliphatic hydroxyl groups is 6. The van der Waals surface area contributed by atoms with Crippen LogP contribution >= 0.6 is 0 Å². The molecular formula is C17H32FNO10. The van der Waals surface area contributed by atoms with Crippen molar-refractivity contribution in [2.75, 3.05) is 26.4 Å². The number of hydrogen-bond acceptors (Lipinski definition) is 11. The Bertz CT molecular complexity index is 473. The summed E-state index contributed by atoms with van der Waals surface area (Å²) in [4.78, 5) is 0. The van der Waals surface area contributed by atoms with E-state index in [0.717, 1.165) is 12.8 Å². The molecule has 2 heterocycles. The maximum Gasteiger partial charge on any atom is 0.187 e. The Morgan fingerprint density at radius 2 is 1.45 bits per heavy atom. The highest BCUT2D eigenvalue weighted by atomic mass is 19.1. The molecule has 2 fully saturated rings. The molecule has 0 radical (unpaired) electrons. The molecule has 11 nitrogen and oxygen atoms in total. The number of unbranched alkanes of at least 4 members (excludes halogenated alkanes) is 2. The minimum absolute atomic E-state index is 0.214. The molecule has 8 N–H and O–H groups in total. The lowest BCUT2D eigenvalue weighted by Crippen LogP contribution is -2.64. The SMILES string of the molecule is NCCCCCO[C@@H]1OC(CF)[C@@H](O[C@@H]2OC(CO)[C@H](O)C(O)C2O)C(O)C1O. The van der Waals surface area contributed by atoms with Crippen LogP contribution in [0, 0.1) is 0 Å². The summed E-state index contributed by atoms with van der Waals surface area (Å²) < 4.78 is 34.9. The minimum Gasteiger partial charge on any atom is -0.394 e. The first-order valence-corrected chi connectivity index (χ1v) is 9.70. The fourth-order valence-electron chi connectivity index (χ4n) is 3.29. The van der Waals surface area contributed by atoms with Gasteiger partial charge in [-0.05, 0) is 25.8 Å². The quantitative estimate of drug-likeness (QED) is 0.173. The van der Waals surface area contributed by atoms with Gasteiger partial charge < -0.3 is 55.3 Å². The Hall–Kier alpha value is -0.510. The molecule has 12 heteroatoms. The maximum atomic E-state index is 13.5. The molecule has 0 aromatic carbocycles. The van der Waals surface area contributed by atoms with Crippen molar-refractivity contribution in [3.8, 4) is 0 Å². The molecule has 0 aliphatic carbocycles. The van der Waals surface area contributed by atoms with Crippen LogP contribution in [-0.4, -0.2) is 118 Å². The minimum atomic E-state index is -1.74. The van der Waals surface area contributed by atoms with Gasteiger partial charge in [0.05, 0.1) is 6.61 Å². The highest BCUT2D eigenvalue weighted by molar-refractivity contribution is 4.94. The standard InChI is InChI=1S/C17H32FNO10/c18-6-8-15(29-17-13(24)11(22)10(21)9(7-20)28-17)12(23)14(25)16(27-8)26-5-3-1-2-4-19/h8-17,20-25H,1-7,19H2/t8?,9?,10-,11?,12?,13?,14?,15+,16+,17-/m0/s1. The first-order valence-electron chi connectivity index (χ1n) is 9.70. The molecule has 10 atom stereocenters. The van der Waals surface area contributed by atoms with E-state index in [4.69, 9.17) is 24.7 Å². The van der Waals surface area contributed by atoms with E-state index in [1.165, 1.54) is 0 Å². The molecule has 2 aliphatic heterocycles. The first-order chi connectivity index (χ1) is 13.8.